The van der Waals surface area contributed by atoms with E-state index in [1.54, 1.807) is 0 Å². The SMILES string of the molecule is CC1(C)c2ccccc2-c2ccc(C3(c4ccccc4)C=Cc4c5c(c6ccccc6c4O3)-c3ccccc3C53CCCCCC3)cc21. The molecule has 1 nitrogen and oxygen atoms in total. The summed E-state index contributed by atoms with van der Waals surface area (Å²) in [5.41, 5.74) is 14.1. The molecule has 1 unspecified atom stereocenters. The second kappa shape index (κ2) is 10.1. The Bertz CT molecular complexity index is 2300. The molecule has 1 spiro atoms. The number of ether oxygens (including phenoxy) is 1. The lowest BCUT2D eigenvalue weighted by molar-refractivity contribution is 0.163. The van der Waals surface area contributed by atoms with Crippen molar-refractivity contribution in [3.63, 3.8) is 0 Å². The first-order chi connectivity index (χ1) is 23.5. The van der Waals surface area contributed by atoms with Crippen LogP contribution in [0.3, 0.4) is 0 Å². The van der Waals surface area contributed by atoms with Crippen LogP contribution in [0.15, 0.2) is 127 Å². The van der Waals surface area contributed by atoms with Gasteiger partial charge < -0.3 is 4.74 Å². The number of rotatable bonds is 2. The quantitative estimate of drug-likeness (QED) is 0.187. The zero-order valence-corrected chi connectivity index (χ0v) is 27.9. The first kappa shape index (κ1) is 28.2. The summed E-state index contributed by atoms with van der Waals surface area (Å²) >= 11 is 0. The minimum Gasteiger partial charge on any atom is -0.472 e. The summed E-state index contributed by atoms with van der Waals surface area (Å²) in [5.74, 6) is 1.02. The van der Waals surface area contributed by atoms with Crippen molar-refractivity contribution in [3.8, 4) is 28.0 Å². The molecule has 3 aliphatic carbocycles. The molecule has 0 aromatic heterocycles. The first-order valence-electron chi connectivity index (χ1n) is 17.9. The third-order valence-electron chi connectivity index (χ3n) is 12.3. The highest BCUT2D eigenvalue weighted by molar-refractivity contribution is 6.08. The van der Waals surface area contributed by atoms with Gasteiger partial charge in [-0.25, -0.2) is 0 Å². The highest BCUT2D eigenvalue weighted by atomic mass is 16.5. The molecule has 0 amide bonds. The van der Waals surface area contributed by atoms with Gasteiger partial charge in [0.15, 0.2) is 5.60 Å². The normalized spacial score (nSPS) is 20.7. The summed E-state index contributed by atoms with van der Waals surface area (Å²) in [5, 5.41) is 2.51. The largest absolute Gasteiger partial charge is 0.472 e. The Morgan fingerprint density at radius 2 is 1.19 bits per heavy atom. The lowest BCUT2D eigenvalue weighted by Crippen LogP contribution is -2.35. The van der Waals surface area contributed by atoms with Crippen molar-refractivity contribution in [2.45, 2.75) is 68.8 Å². The molecule has 1 atom stereocenters. The summed E-state index contributed by atoms with van der Waals surface area (Å²) in [6, 6.07) is 45.2. The van der Waals surface area contributed by atoms with Crippen molar-refractivity contribution in [1.82, 2.24) is 0 Å². The van der Waals surface area contributed by atoms with E-state index in [2.05, 4.69) is 147 Å². The molecule has 6 aromatic rings. The Kier molecular flexibility index (Phi) is 5.90. The van der Waals surface area contributed by atoms with Crippen LogP contribution in [-0.2, 0) is 16.4 Å². The maximum absolute atomic E-state index is 7.71. The molecule has 0 radical (unpaired) electrons. The van der Waals surface area contributed by atoms with E-state index >= 15 is 0 Å². The molecule has 1 saturated carbocycles. The summed E-state index contributed by atoms with van der Waals surface area (Å²) in [6.07, 6.45) is 12.4. The zero-order chi connectivity index (χ0) is 32.1. The topological polar surface area (TPSA) is 9.23 Å². The van der Waals surface area contributed by atoms with Gasteiger partial charge in [0.25, 0.3) is 0 Å². The van der Waals surface area contributed by atoms with Gasteiger partial charge in [0.2, 0.25) is 0 Å². The van der Waals surface area contributed by atoms with Gasteiger partial charge in [-0.05, 0) is 74.9 Å². The molecule has 0 N–H and O–H groups in total. The average Bonchev–Trinajstić information content (AvgIpc) is 3.38. The smallest absolute Gasteiger partial charge is 0.178 e. The first-order valence-corrected chi connectivity index (χ1v) is 17.9. The van der Waals surface area contributed by atoms with Crippen molar-refractivity contribution in [2.24, 2.45) is 0 Å². The van der Waals surface area contributed by atoms with E-state index in [1.165, 1.54) is 105 Å². The van der Waals surface area contributed by atoms with E-state index in [1.807, 2.05) is 0 Å². The Hall–Kier alpha value is -4.88. The molecule has 234 valence electrons. The van der Waals surface area contributed by atoms with Crippen molar-refractivity contribution in [2.75, 3.05) is 0 Å². The lowest BCUT2D eigenvalue weighted by atomic mass is 9.69. The predicted molar refractivity (Wildman–Crippen MR) is 199 cm³/mol. The summed E-state index contributed by atoms with van der Waals surface area (Å²) in [4.78, 5) is 0. The number of hydrogen-bond acceptors (Lipinski definition) is 1. The Morgan fingerprint density at radius 1 is 0.542 bits per heavy atom. The maximum Gasteiger partial charge on any atom is 0.178 e. The monoisotopic (exact) mass is 620 g/mol. The second-order valence-corrected chi connectivity index (χ2v) is 15.0. The van der Waals surface area contributed by atoms with Gasteiger partial charge in [-0.2, -0.15) is 0 Å². The van der Waals surface area contributed by atoms with Gasteiger partial charge in [-0.1, -0.05) is 161 Å². The van der Waals surface area contributed by atoms with Crippen LogP contribution in [0.4, 0.5) is 0 Å². The minimum absolute atomic E-state index is 0.0142. The second-order valence-electron chi connectivity index (χ2n) is 15.0. The van der Waals surface area contributed by atoms with Gasteiger partial charge in [-0.15, -0.1) is 0 Å². The standard InChI is InChI=1S/C47H40O/c1-45(2)39-22-12-10-18-33(39)34-25-24-32(30-41(34)45)47(31-16-6-5-7-17-31)29-26-38-43-42(35-19-8-9-20-36(35)44(38)48-47)37-21-11-13-23-40(37)46(43)27-14-3-4-15-28-46/h5-13,16-26,29-30H,3-4,14-15,27-28H2,1-2H3. The third-order valence-corrected chi connectivity index (χ3v) is 12.3. The molecule has 48 heavy (non-hydrogen) atoms. The van der Waals surface area contributed by atoms with Crippen molar-refractivity contribution in [3.05, 3.63) is 166 Å². The zero-order valence-electron chi connectivity index (χ0n) is 27.9. The third kappa shape index (κ3) is 3.63. The predicted octanol–water partition coefficient (Wildman–Crippen LogP) is 12.1. The van der Waals surface area contributed by atoms with Crippen LogP contribution in [0, 0.1) is 0 Å². The number of fused-ring (bicyclic) bond motifs is 13. The van der Waals surface area contributed by atoms with E-state index in [4.69, 9.17) is 4.74 Å². The summed E-state index contributed by atoms with van der Waals surface area (Å²) in [7, 11) is 0. The van der Waals surface area contributed by atoms with Crippen LogP contribution in [0.1, 0.15) is 91.3 Å². The molecule has 1 aliphatic heterocycles. The molecule has 0 saturated heterocycles. The fourth-order valence-corrected chi connectivity index (χ4v) is 10.1. The van der Waals surface area contributed by atoms with Crippen molar-refractivity contribution < 1.29 is 4.74 Å². The molecule has 10 rings (SSSR count). The number of benzene rings is 6. The highest BCUT2D eigenvalue weighted by Crippen LogP contribution is 2.62. The fraction of sp³-hybridized carbons (Fsp3) is 0.234. The van der Waals surface area contributed by atoms with Gasteiger partial charge in [0, 0.05) is 32.9 Å². The Balaban J connectivity index is 1.25. The molecule has 1 heteroatoms. The van der Waals surface area contributed by atoms with Crippen molar-refractivity contribution >= 4 is 16.8 Å². The fourth-order valence-electron chi connectivity index (χ4n) is 10.1. The summed E-state index contributed by atoms with van der Waals surface area (Å²) in [6.45, 7) is 4.73. The number of hydrogen-bond donors (Lipinski definition) is 0. The van der Waals surface area contributed by atoms with E-state index in [-0.39, 0.29) is 10.8 Å². The molecule has 0 bridgehead atoms. The van der Waals surface area contributed by atoms with Gasteiger partial charge >= 0.3 is 0 Å². The summed E-state index contributed by atoms with van der Waals surface area (Å²) < 4.78 is 7.71. The van der Waals surface area contributed by atoms with Crippen LogP contribution in [-0.4, -0.2) is 0 Å². The van der Waals surface area contributed by atoms with E-state index < -0.39 is 5.60 Å². The van der Waals surface area contributed by atoms with Gasteiger partial charge in [0.1, 0.15) is 5.75 Å². The average molecular weight is 621 g/mol. The molecular weight excluding hydrogens is 581 g/mol. The molecule has 1 heterocycles. The minimum atomic E-state index is -0.771. The van der Waals surface area contributed by atoms with E-state index in [0.29, 0.717) is 0 Å². The molecule has 4 aliphatic rings. The van der Waals surface area contributed by atoms with E-state index in [9.17, 15) is 0 Å². The lowest BCUT2D eigenvalue weighted by Gasteiger charge is -2.40. The Labute approximate surface area is 283 Å². The van der Waals surface area contributed by atoms with Crippen LogP contribution < -0.4 is 4.74 Å². The van der Waals surface area contributed by atoms with E-state index in [0.717, 1.165) is 11.3 Å². The van der Waals surface area contributed by atoms with Gasteiger partial charge in [-0.3, -0.25) is 0 Å². The van der Waals surface area contributed by atoms with Crippen LogP contribution in [0.2, 0.25) is 0 Å². The van der Waals surface area contributed by atoms with Crippen molar-refractivity contribution in [1.29, 1.82) is 0 Å². The maximum atomic E-state index is 7.71. The van der Waals surface area contributed by atoms with Crippen LogP contribution >= 0.6 is 0 Å². The Morgan fingerprint density at radius 3 is 1.98 bits per heavy atom. The van der Waals surface area contributed by atoms with Crippen LogP contribution in [0.25, 0.3) is 39.1 Å². The molecular formula is C47H40O. The molecule has 6 aromatic carbocycles. The highest BCUT2D eigenvalue weighted by Gasteiger charge is 2.48. The molecule has 1 fully saturated rings. The van der Waals surface area contributed by atoms with Gasteiger partial charge in [0.05, 0.1) is 0 Å². The van der Waals surface area contributed by atoms with Crippen LogP contribution in [0.5, 0.6) is 5.75 Å².